The first kappa shape index (κ1) is 27.5. The lowest BCUT2D eigenvalue weighted by molar-refractivity contribution is -0.119. The molecule has 39 heavy (non-hydrogen) atoms. The summed E-state index contributed by atoms with van der Waals surface area (Å²) in [6, 6.07) is 18.5. The van der Waals surface area contributed by atoms with Gasteiger partial charge in [-0.15, -0.1) is 0 Å². The fourth-order valence-corrected chi connectivity index (χ4v) is 4.39. The van der Waals surface area contributed by atoms with E-state index >= 15 is 0 Å². The third kappa shape index (κ3) is 6.88. The first-order valence-corrected chi connectivity index (χ1v) is 12.6. The Labute approximate surface area is 233 Å². The van der Waals surface area contributed by atoms with E-state index in [4.69, 9.17) is 24.4 Å². The summed E-state index contributed by atoms with van der Waals surface area (Å²) < 4.78 is 24.8. The normalized spacial score (nSPS) is 11.0. The lowest BCUT2D eigenvalue weighted by Gasteiger charge is -2.12. The standard InChI is InChI=1S/C28H27BrN4O6/c1-17-4-5-18(2)33(17)20-6-8-21(9-7-20)37-15-22-10-11-24(39-22)28(35)32-31-14-19-12-23(29)27(25(13-19)36-3)38-16-26(30)34/h4-14H,15-16H2,1-3H3,(H2,30,34)(H,32,35)/b31-14+. The number of carbonyl (C=O) groups is 2. The van der Waals surface area contributed by atoms with Gasteiger partial charge in [0.05, 0.1) is 17.8 Å². The van der Waals surface area contributed by atoms with Crippen LogP contribution >= 0.6 is 15.9 Å². The number of methoxy groups -OCH3 is 1. The van der Waals surface area contributed by atoms with Gasteiger partial charge in [0.2, 0.25) is 0 Å². The highest BCUT2D eigenvalue weighted by atomic mass is 79.9. The zero-order valence-electron chi connectivity index (χ0n) is 21.6. The van der Waals surface area contributed by atoms with Crippen LogP contribution in [0.5, 0.6) is 17.2 Å². The number of carbonyl (C=O) groups excluding carboxylic acids is 2. The molecule has 2 aromatic heterocycles. The number of amides is 2. The van der Waals surface area contributed by atoms with Crippen molar-refractivity contribution < 1.29 is 28.2 Å². The van der Waals surface area contributed by atoms with Crippen LogP contribution in [-0.4, -0.2) is 36.3 Å². The molecule has 0 saturated carbocycles. The molecule has 0 aliphatic heterocycles. The molecule has 0 radical (unpaired) electrons. The highest BCUT2D eigenvalue weighted by Crippen LogP contribution is 2.36. The molecule has 0 aliphatic carbocycles. The Morgan fingerprint density at radius 1 is 1.05 bits per heavy atom. The number of hydrazone groups is 1. The average Bonchev–Trinajstić information content (AvgIpc) is 3.53. The van der Waals surface area contributed by atoms with Crippen LogP contribution in [0.3, 0.4) is 0 Å². The summed E-state index contributed by atoms with van der Waals surface area (Å²) in [6.45, 7) is 3.99. The summed E-state index contributed by atoms with van der Waals surface area (Å²) in [6.07, 6.45) is 1.43. The maximum absolute atomic E-state index is 12.5. The molecule has 0 spiro atoms. The van der Waals surface area contributed by atoms with Gasteiger partial charge in [0, 0.05) is 17.1 Å². The fraction of sp³-hybridized carbons (Fsp3) is 0.179. The number of aryl methyl sites for hydroxylation is 2. The third-order valence-electron chi connectivity index (χ3n) is 5.62. The summed E-state index contributed by atoms with van der Waals surface area (Å²) in [5.41, 5.74) is 11.5. The second-order valence-electron chi connectivity index (χ2n) is 8.49. The molecule has 0 aliphatic rings. The maximum Gasteiger partial charge on any atom is 0.307 e. The van der Waals surface area contributed by atoms with E-state index in [9.17, 15) is 9.59 Å². The number of ether oxygens (including phenoxy) is 3. The Bertz CT molecular complexity index is 1490. The minimum Gasteiger partial charge on any atom is -0.493 e. The van der Waals surface area contributed by atoms with Crippen molar-refractivity contribution in [3.63, 3.8) is 0 Å². The molecular weight excluding hydrogens is 568 g/mol. The lowest BCUT2D eigenvalue weighted by Crippen LogP contribution is -2.20. The largest absolute Gasteiger partial charge is 0.493 e. The van der Waals surface area contributed by atoms with Crippen molar-refractivity contribution in [3.8, 4) is 22.9 Å². The number of primary amides is 1. The zero-order valence-corrected chi connectivity index (χ0v) is 23.2. The zero-order chi connectivity index (χ0) is 27.9. The highest BCUT2D eigenvalue weighted by molar-refractivity contribution is 9.10. The Balaban J connectivity index is 1.32. The van der Waals surface area contributed by atoms with Crippen LogP contribution in [0, 0.1) is 13.8 Å². The van der Waals surface area contributed by atoms with E-state index in [0.717, 1.165) is 17.1 Å². The summed E-state index contributed by atoms with van der Waals surface area (Å²) in [5, 5.41) is 3.97. The number of aromatic nitrogens is 1. The molecule has 0 saturated heterocycles. The van der Waals surface area contributed by atoms with Crippen molar-refractivity contribution in [2.24, 2.45) is 10.8 Å². The van der Waals surface area contributed by atoms with E-state index in [0.29, 0.717) is 33.0 Å². The van der Waals surface area contributed by atoms with Gasteiger partial charge >= 0.3 is 5.91 Å². The molecule has 0 atom stereocenters. The predicted molar refractivity (Wildman–Crippen MR) is 149 cm³/mol. The quantitative estimate of drug-likeness (QED) is 0.192. The number of rotatable bonds is 11. The first-order chi connectivity index (χ1) is 18.7. The third-order valence-corrected chi connectivity index (χ3v) is 6.21. The average molecular weight is 595 g/mol. The van der Waals surface area contributed by atoms with Crippen molar-refractivity contribution in [1.29, 1.82) is 0 Å². The molecule has 11 heteroatoms. The molecule has 3 N–H and O–H groups in total. The van der Waals surface area contributed by atoms with Crippen LogP contribution in [0.25, 0.3) is 5.69 Å². The molecule has 4 rings (SSSR count). The molecule has 10 nitrogen and oxygen atoms in total. The van der Waals surface area contributed by atoms with Crippen LogP contribution in [-0.2, 0) is 11.4 Å². The summed E-state index contributed by atoms with van der Waals surface area (Å²) in [7, 11) is 1.46. The van der Waals surface area contributed by atoms with Gasteiger partial charge in [0.1, 0.15) is 18.1 Å². The molecule has 202 valence electrons. The molecule has 2 amide bonds. The summed E-state index contributed by atoms with van der Waals surface area (Å²) >= 11 is 3.36. The Hall–Kier alpha value is -4.51. The SMILES string of the molecule is COc1cc(/C=N/NC(=O)c2ccc(COc3ccc(-n4c(C)ccc4C)cc3)o2)cc(Br)c1OCC(N)=O. The number of nitrogens with two attached hydrogens (primary N) is 1. The van der Waals surface area contributed by atoms with Gasteiger partial charge in [-0.05, 0) is 96.0 Å². The van der Waals surface area contributed by atoms with Crippen LogP contribution in [0.15, 0.2) is 74.7 Å². The number of halogens is 1. The van der Waals surface area contributed by atoms with Crippen molar-refractivity contribution >= 4 is 34.0 Å². The Kier molecular flexibility index (Phi) is 8.72. The second-order valence-corrected chi connectivity index (χ2v) is 9.34. The Morgan fingerprint density at radius 2 is 1.77 bits per heavy atom. The predicted octanol–water partition coefficient (Wildman–Crippen LogP) is 4.67. The Morgan fingerprint density at radius 3 is 2.44 bits per heavy atom. The van der Waals surface area contributed by atoms with Gasteiger partial charge in [0.15, 0.2) is 23.9 Å². The monoisotopic (exact) mass is 594 g/mol. The maximum atomic E-state index is 12.5. The lowest BCUT2D eigenvalue weighted by atomic mass is 10.2. The number of nitrogens with one attached hydrogen (secondary N) is 1. The van der Waals surface area contributed by atoms with Crippen LogP contribution < -0.4 is 25.4 Å². The highest BCUT2D eigenvalue weighted by Gasteiger charge is 2.14. The molecule has 0 unspecified atom stereocenters. The van der Waals surface area contributed by atoms with E-state index in [1.54, 1.807) is 24.3 Å². The molecule has 0 fully saturated rings. The van der Waals surface area contributed by atoms with Gasteiger partial charge in [-0.3, -0.25) is 9.59 Å². The minimum absolute atomic E-state index is 0.0913. The molecule has 4 aromatic rings. The van der Waals surface area contributed by atoms with Crippen LogP contribution in [0.1, 0.15) is 33.3 Å². The van der Waals surface area contributed by atoms with Crippen molar-refractivity contribution in [1.82, 2.24) is 9.99 Å². The van der Waals surface area contributed by atoms with E-state index in [1.165, 1.54) is 13.3 Å². The van der Waals surface area contributed by atoms with E-state index < -0.39 is 11.8 Å². The van der Waals surface area contributed by atoms with E-state index in [-0.39, 0.29) is 19.0 Å². The second kappa shape index (κ2) is 12.4. The smallest absolute Gasteiger partial charge is 0.307 e. The number of nitrogens with zero attached hydrogens (tertiary/aromatic N) is 2. The minimum atomic E-state index is -0.614. The first-order valence-electron chi connectivity index (χ1n) is 11.8. The molecule has 2 aromatic carbocycles. The number of furan rings is 1. The van der Waals surface area contributed by atoms with Gasteiger partial charge in [-0.1, -0.05) is 0 Å². The van der Waals surface area contributed by atoms with Gasteiger partial charge in [-0.2, -0.15) is 5.10 Å². The van der Waals surface area contributed by atoms with E-state index in [1.807, 2.05) is 24.3 Å². The topological polar surface area (TPSA) is 130 Å². The van der Waals surface area contributed by atoms with Gasteiger partial charge in [-0.25, -0.2) is 5.43 Å². The van der Waals surface area contributed by atoms with Gasteiger partial charge in [0.25, 0.3) is 5.91 Å². The van der Waals surface area contributed by atoms with Gasteiger partial charge < -0.3 is 28.9 Å². The van der Waals surface area contributed by atoms with Crippen LogP contribution in [0.2, 0.25) is 0 Å². The summed E-state index contributed by atoms with van der Waals surface area (Å²) in [5.74, 6) is 0.813. The van der Waals surface area contributed by atoms with Crippen LogP contribution in [0.4, 0.5) is 0 Å². The number of hydrogen-bond donors (Lipinski definition) is 2. The molecule has 0 bridgehead atoms. The fourth-order valence-electron chi connectivity index (χ4n) is 3.82. The summed E-state index contributed by atoms with van der Waals surface area (Å²) in [4.78, 5) is 23.5. The molecular formula is C28H27BrN4O6. The van der Waals surface area contributed by atoms with Crippen molar-refractivity contribution in [2.45, 2.75) is 20.5 Å². The molecule has 2 heterocycles. The van der Waals surface area contributed by atoms with E-state index in [2.05, 4.69) is 57.0 Å². The van der Waals surface area contributed by atoms with Crippen molar-refractivity contribution in [3.05, 3.63) is 93.6 Å². The van der Waals surface area contributed by atoms with Crippen molar-refractivity contribution in [2.75, 3.05) is 13.7 Å². The number of hydrogen-bond acceptors (Lipinski definition) is 7. The number of benzene rings is 2.